The van der Waals surface area contributed by atoms with Gasteiger partial charge in [-0.05, 0) is 37.2 Å². The highest BCUT2D eigenvalue weighted by Crippen LogP contribution is 2.29. The van der Waals surface area contributed by atoms with Gasteiger partial charge < -0.3 is 5.73 Å². The van der Waals surface area contributed by atoms with Gasteiger partial charge in [0, 0.05) is 18.7 Å². The minimum Gasteiger partial charge on any atom is -0.365 e. The number of aromatic nitrogens is 2. The Morgan fingerprint density at radius 1 is 1.41 bits per heavy atom. The molecule has 1 aromatic carbocycles. The Morgan fingerprint density at radius 2 is 2.18 bits per heavy atom. The van der Waals surface area contributed by atoms with E-state index in [1.165, 1.54) is 6.07 Å². The molecule has 2 aromatic rings. The van der Waals surface area contributed by atoms with Crippen LogP contribution in [0.5, 0.6) is 0 Å². The number of rotatable bonds is 3. The van der Waals surface area contributed by atoms with E-state index in [2.05, 4.69) is 10.00 Å². The third kappa shape index (κ3) is 2.39. The Kier molecular flexibility index (Phi) is 3.70. The lowest BCUT2D eigenvalue weighted by atomic mass is 10.0. The van der Waals surface area contributed by atoms with E-state index >= 15 is 0 Å². The number of aryl methyl sites for hydroxylation is 1. The van der Waals surface area contributed by atoms with Crippen LogP contribution in [0.1, 0.15) is 28.5 Å². The standard InChI is InChI=1S/C16H19FN4O/c1-3-10-8-11(4-5-12(10)17)15-14(16(18)22)13-9-20(2)6-7-21(13)19-15/h4-5,8H,3,6-7,9H2,1-2H3,(H2,18,22). The molecule has 0 unspecified atom stereocenters. The molecule has 1 aliphatic rings. The van der Waals surface area contributed by atoms with Gasteiger partial charge in [0.15, 0.2) is 0 Å². The molecule has 5 nitrogen and oxygen atoms in total. The van der Waals surface area contributed by atoms with Crippen LogP contribution in [0.3, 0.4) is 0 Å². The topological polar surface area (TPSA) is 64.2 Å². The minimum absolute atomic E-state index is 0.240. The molecule has 0 saturated carbocycles. The van der Waals surface area contributed by atoms with Crippen LogP contribution in [0.2, 0.25) is 0 Å². The van der Waals surface area contributed by atoms with Crippen LogP contribution >= 0.6 is 0 Å². The second-order valence-electron chi connectivity index (χ2n) is 5.66. The van der Waals surface area contributed by atoms with Crippen molar-refractivity contribution in [3.8, 4) is 11.3 Å². The smallest absolute Gasteiger partial charge is 0.252 e. The van der Waals surface area contributed by atoms with Gasteiger partial charge in [0.05, 0.1) is 17.8 Å². The van der Waals surface area contributed by atoms with Crippen LogP contribution in [-0.4, -0.2) is 34.2 Å². The van der Waals surface area contributed by atoms with Gasteiger partial charge in [-0.25, -0.2) is 4.39 Å². The molecule has 3 rings (SSSR count). The molecule has 6 heteroatoms. The number of benzene rings is 1. The molecular weight excluding hydrogens is 283 g/mol. The summed E-state index contributed by atoms with van der Waals surface area (Å²) in [5, 5.41) is 4.55. The number of nitrogens with two attached hydrogens (primary N) is 1. The van der Waals surface area contributed by atoms with Crippen molar-refractivity contribution < 1.29 is 9.18 Å². The molecule has 0 fully saturated rings. The summed E-state index contributed by atoms with van der Waals surface area (Å²) in [4.78, 5) is 14.1. The Morgan fingerprint density at radius 3 is 2.86 bits per heavy atom. The zero-order valence-corrected chi connectivity index (χ0v) is 12.8. The number of carbonyl (C=O) groups excluding carboxylic acids is 1. The van der Waals surface area contributed by atoms with Crippen molar-refractivity contribution in [1.29, 1.82) is 0 Å². The van der Waals surface area contributed by atoms with Gasteiger partial charge in [-0.3, -0.25) is 14.4 Å². The molecule has 0 saturated heterocycles. The summed E-state index contributed by atoms with van der Waals surface area (Å²) in [6, 6.07) is 4.82. The fourth-order valence-corrected chi connectivity index (χ4v) is 2.90. The van der Waals surface area contributed by atoms with E-state index in [-0.39, 0.29) is 5.82 Å². The zero-order chi connectivity index (χ0) is 15.9. The lowest BCUT2D eigenvalue weighted by Crippen LogP contribution is -2.32. The molecule has 1 amide bonds. The van der Waals surface area contributed by atoms with E-state index in [9.17, 15) is 9.18 Å². The molecule has 0 radical (unpaired) electrons. The van der Waals surface area contributed by atoms with Gasteiger partial charge >= 0.3 is 0 Å². The van der Waals surface area contributed by atoms with Crippen LogP contribution in [0.25, 0.3) is 11.3 Å². The largest absolute Gasteiger partial charge is 0.365 e. The summed E-state index contributed by atoms with van der Waals surface area (Å²) in [5.41, 5.74) is 8.75. The fourth-order valence-electron chi connectivity index (χ4n) is 2.90. The summed E-state index contributed by atoms with van der Waals surface area (Å²) in [6.07, 6.45) is 0.585. The quantitative estimate of drug-likeness (QED) is 0.940. The van der Waals surface area contributed by atoms with Gasteiger partial charge in [0.25, 0.3) is 5.91 Å². The summed E-state index contributed by atoms with van der Waals surface area (Å²) in [5.74, 6) is -0.732. The number of nitrogens with zero attached hydrogens (tertiary/aromatic N) is 3. The van der Waals surface area contributed by atoms with Gasteiger partial charge in [0.1, 0.15) is 11.5 Å². The number of hydrogen-bond donors (Lipinski definition) is 1. The highest BCUT2D eigenvalue weighted by molar-refractivity contribution is 6.00. The average molecular weight is 302 g/mol. The van der Waals surface area contributed by atoms with Gasteiger partial charge in [0.2, 0.25) is 0 Å². The maximum atomic E-state index is 13.7. The van der Waals surface area contributed by atoms with Gasteiger partial charge in [-0.2, -0.15) is 5.10 Å². The highest BCUT2D eigenvalue weighted by atomic mass is 19.1. The van der Waals surface area contributed by atoms with E-state index in [0.717, 1.165) is 17.8 Å². The first kappa shape index (κ1) is 14.7. The number of carbonyl (C=O) groups is 1. The molecule has 22 heavy (non-hydrogen) atoms. The molecular formula is C16H19FN4O. The maximum absolute atomic E-state index is 13.7. The summed E-state index contributed by atoms with van der Waals surface area (Å²) < 4.78 is 15.5. The Labute approximate surface area is 128 Å². The molecule has 0 spiro atoms. The van der Waals surface area contributed by atoms with E-state index < -0.39 is 5.91 Å². The lowest BCUT2D eigenvalue weighted by Gasteiger charge is -2.23. The zero-order valence-electron chi connectivity index (χ0n) is 12.8. The van der Waals surface area contributed by atoms with Gasteiger partial charge in [-0.15, -0.1) is 0 Å². The number of primary amides is 1. The number of hydrogen-bond acceptors (Lipinski definition) is 3. The van der Waals surface area contributed by atoms with Crippen LogP contribution in [0.15, 0.2) is 18.2 Å². The van der Waals surface area contributed by atoms with E-state index in [0.29, 0.717) is 36.3 Å². The van der Waals surface area contributed by atoms with Crippen molar-refractivity contribution >= 4 is 5.91 Å². The van der Waals surface area contributed by atoms with E-state index in [4.69, 9.17) is 5.73 Å². The third-order valence-corrected chi connectivity index (χ3v) is 4.12. The third-order valence-electron chi connectivity index (χ3n) is 4.12. The normalized spacial score (nSPS) is 14.9. The molecule has 1 aliphatic heterocycles. The molecule has 0 bridgehead atoms. The van der Waals surface area contributed by atoms with Crippen LogP contribution in [0.4, 0.5) is 4.39 Å². The monoisotopic (exact) mass is 302 g/mol. The minimum atomic E-state index is -0.492. The second-order valence-corrected chi connectivity index (χ2v) is 5.66. The van der Waals surface area contributed by atoms with Gasteiger partial charge in [-0.1, -0.05) is 6.92 Å². The first-order chi connectivity index (χ1) is 10.5. The van der Waals surface area contributed by atoms with Crippen molar-refractivity contribution in [3.63, 3.8) is 0 Å². The van der Waals surface area contributed by atoms with Crippen molar-refractivity contribution in [2.24, 2.45) is 5.73 Å². The Hall–Kier alpha value is -2.21. The molecule has 0 atom stereocenters. The predicted molar refractivity (Wildman–Crippen MR) is 81.9 cm³/mol. The molecule has 116 valence electrons. The number of likely N-dealkylation sites (N-methyl/N-ethyl adjacent to an activating group) is 1. The lowest BCUT2D eigenvalue weighted by molar-refractivity contribution is 0.0998. The summed E-state index contributed by atoms with van der Waals surface area (Å²) in [7, 11) is 1.99. The molecule has 2 N–H and O–H groups in total. The Balaban J connectivity index is 2.17. The second kappa shape index (κ2) is 5.53. The fraction of sp³-hybridized carbons (Fsp3) is 0.375. The molecule has 2 heterocycles. The Bertz CT molecular complexity index is 738. The van der Waals surface area contributed by atoms with Crippen molar-refractivity contribution in [2.75, 3.05) is 13.6 Å². The van der Waals surface area contributed by atoms with E-state index in [1.54, 1.807) is 12.1 Å². The average Bonchev–Trinajstić information content (AvgIpc) is 2.86. The van der Waals surface area contributed by atoms with Crippen LogP contribution < -0.4 is 5.73 Å². The molecule has 1 aromatic heterocycles. The SMILES string of the molecule is CCc1cc(-c2nn3c(c2C(N)=O)CN(C)CC3)ccc1F. The van der Waals surface area contributed by atoms with Crippen LogP contribution in [-0.2, 0) is 19.5 Å². The van der Waals surface area contributed by atoms with E-state index in [1.807, 2.05) is 18.7 Å². The highest BCUT2D eigenvalue weighted by Gasteiger charge is 2.26. The predicted octanol–water partition coefficient (Wildman–Crippen LogP) is 1.80. The first-order valence-electron chi connectivity index (χ1n) is 7.38. The van der Waals surface area contributed by atoms with Crippen LogP contribution in [0, 0.1) is 5.82 Å². The van der Waals surface area contributed by atoms with Crippen molar-refractivity contribution in [1.82, 2.24) is 14.7 Å². The summed E-state index contributed by atoms with van der Waals surface area (Å²) >= 11 is 0. The molecule has 0 aliphatic carbocycles. The maximum Gasteiger partial charge on any atom is 0.252 e. The van der Waals surface area contributed by atoms with Crippen molar-refractivity contribution in [3.05, 3.63) is 40.8 Å². The number of halogens is 1. The number of fused-ring (bicyclic) bond motifs is 1. The van der Waals surface area contributed by atoms with Crippen molar-refractivity contribution in [2.45, 2.75) is 26.4 Å². The number of amides is 1. The first-order valence-corrected chi connectivity index (χ1v) is 7.38. The summed E-state index contributed by atoms with van der Waals surface area (Å²) in [6.45, 7) is 4.11.